The number of fused-ring (bicyclic) bond motifs is 2. The predicted octanol–water partition coefficient (Wildman–Crippen LogP) is 4.30. The van der Waals surface area contributed by atoms with Crippen molar-refractivity contribution in [3.8, 4) is 0 Å². The third-order valence-electron chi connectivity index (χ3n) is 11.8. The topological polar surface area (TPSA) is 343 Å². The van der Waals surface area contributed by atoms with Gasteiger partial charge >= 0.3 is 0 Å². The molecule has 4 heterocycles. The van der Waals surface area contributed by atoms with Crippen LogP contribution in [-0.4, -0.2) is 156 Å². The van der Waals surface area contributed by atoms with Gasteiger partial charge in [0.2, 0.25) is 11.9 Å². The smallest absolute Gasteiger partial charge is 0.252 e. The summed E-state index contributed by atoms with van der Waals surface area (Å²) in [6.07, 6.45) is 5.88. The molecule has 0 saturated heterocycles. The van der Waals surface area contributed by atoms with Crippen LogP contribution in [0.5, 0.6) is 0 Å². The minimum absolute atomic E-state index is 0. The molecule has 3 amide bonds. The molecule has 0 bridgehead atoms. The Hall–Kier alpha value is -8.23. The number of nitrogens with one attached hydrogen (secondary N) is 4. The number of hydrogen-bond acceptors (Lipinski definition) is 20. The van der Waals surface area contributed by atoms with Crippen molar-refractivity contribution < 1.29 is 48.7 Å². The zero-order valence-corrected chi connectivity index (χ0v) is 44.4. The molecule has 0 aliphatic carbocycles. The number of nitrogens with zero attached hydrogens (tertiary/aromatic N) is 8. The van der Waals surface area contributed by atoms with Gasteiger partial charge in [-0.1, -0.05) is 42.4 Å². The Morgan fingerprint density at radius 2 is 1.39 bits per heavy atom. The average Bonchev–Trinajstić information content (AvgIpc) is 3.49. The van der Waals surface area contributed by atoms with Crippen LogP contribution in [0, 0.1) is 0 Å². The molecule has 11 N–H and O–H groups in total. The monoisotopic (exact) mass is 1100 g/mol. The number of hydrogen-bond donors (Lipinski definition) is 7. The number of amides is 3. The quantitative estimate of drug-likeness (QED) is 0.0228. The lowest BCUT2D eigenvalue weighted by molar-refractivity contribution is -0.121. The van der Waals surface area contributed by atoms with Crippen LogP contribution < -0.4 is 37.6 Å². The third-order valence-corrected chi connectivity index (χ3v) is 12.1. The molecule has 0 spiro atoms. The van der Waals surface area contributed by atoms with Crippen molar-refractivity contribution in [2.75, 3.05) is 108 Å². The van der Waals surface area contributed by atoms with Crippen LogP contribution in [0.15, 0.2) is 110 Å². The second kappa shape index (κ2) is 31.2. The average molecular weight is 1110 g/mol. The first-order valence-electron chi connectivity index (χ1n) is 25.1. The van der Waals surface area contributed by atoms with Gasteiger partial charge in [0.25, 0.3) is 11.8 Å². The Labute approximate surface area is 461 Å². The first-order chi connectivity index (χ1) is 37.9. The lowest BCUT2D eigenvalue weighted by atomic mass is 10.0. The van der Waals surface area contributed by atoms with Crippen LogP contribution >= 0.6 is 11.6 Å². The summed E-state index contributed by atoms with van der Waals surface area (Å²) in [6.45, 7) is 7.96. The maximum atomic E-state index is 13.1. The van der Waals surface area contributed by atoms with Crippen molar-refractivity contribution in [2.24, 2.45) is 0 Å². The molecule has 418 valence electrons. The lowest BCUT2D eigenvalue weighted by Gasteiger charge is -2.20. The highest BCUT2D eigenvalue weighted by Gasteiger charge is 2.19. The SMILES string of the molecule is C=C(O)[C@H](CCC(=O)NCCOCCOCCOCCOCCOCCNC(=O)c1cc(Nc2nnc(Cc3ccncc3)c3ccccc23)ccc1Cl)NC(=O)c1ccc(N(C)Cc2cnc3nc(N)nc(N)c3n2)cc1.O. The molecule has 0 unspecified atom stereocenters. The molecule has 3 aromatic carbocycles. The van der Waals surface area contributed by atoms with Crippen molar-refractivity contribution in [1.29, 1.82) is 0 Å². The number of nitrogen functional groups attached to an aromatic ring is 2. The normalized spacial score (nSPS) is 11.4. The van der Waals surface area contributed by atoms with Gasteiger partial charge in [0, 0.05) is 73.1 Å². The number of anilines is 5. The number of aromatic nitrogens is 7. The Balaban J connectivity index is 0.0000101. The first kappa shape index (κ1) is 60.0. The van der Waals surface area contributed by atoms with Gasteiger partial charge in [0.1, 0.15) is 5.76 Å². The third kappa shape index (κ3) is 18.7. The molecule has 1 atom stereocenters. The van der Waals surface area contributed by atoms with Crippen molar-refractivity contribution in [3.63, 3.8) is 0 Å². The Morgan fingerprint density at radius 1 is 0.759 bits per heavy atom. The highest BCUT2D eigenvalue weighted by molar-refractivity contribution is 6.34. The van der Waals surface area contributed by atoms with E-state index in [9.17, 15) is 19.5 Å². The van der Waals surface area contributed by atoms with E-state index in [1.807, 2.05) is 48.3 Å². The maximum Gasteiger partial charge on any atom is 0.252 e. The fourth-order valence-corrected chi connectivity index (χ4v) is 7.96. The second-order valence-corrected chi connectivity index (χ2v) is 17.9. The Morgan fingerprint density at radius 3 is 2.05 bits per heavy atom. The zero-order chi connectivity index (χ0) is 55.1. The van der Waals surface area contributed by atoms with Crippen molar-refractivity contribution >= 4 is 80.2 Å². The van der Waals surface area contributed by atoms with Gasteiger partial charge in [-0.2, -0.15) is 15.1 Å². The molecule has 7 aromatic rings. The number of aliphatic hydroxyl groups is 1. The summed E-state index contributed by atoms with van der Waals surface area (Å²) in [5, 5.41) is 33.0. The molecule has 4 aromatic heterocycles. The number of carbonyl (C=O) groups is 3. The minimum Gasteiger partial charge on any atom is -0.511 e. The van der Waals surface area contributed by atoms with E-state index in [1.54, 1.807) is 61.1 Å². The second-order valence-electron chi connectivity index (χ2n) is 17.5. The van der Waals surface area contributed by atoms with Crippen LogP contribution in [0.3, 0.4) is 0 Å². The summed E-state index contributed by atoms with van der Waals surface area (Å²) < 4.78 is 27.8. The van der Waals surface area contributed by atoms with Crippen LogP contribution in [0.2, 0.25) is 5.02 Å². The molecule has 25 heteroatoms. The first-order valence-corrected chi connectivity index (χ1v) is 25.5. The molecule has 0 radical (unpaired) electrons. The number of benzene rings is 3. The number of ether oxygens (including phenoxy) is 5. The summed E-state index contributed by atoms with van der Waals surface area (Å²) in [6, 6.07) is 22.9. The van der Waals surface area contributed by atoms with E-state index < -0.39 is 11.9 Å². The van der Waals surface area contributed by atoms with Gasteiger partial charge in [-0.05, 0) is 66.6 Å². The molecule has 24 nitrogen and oxygen atoms in total. The van der Waals surface area contributed by atoms with E-state index in [0.29, 0.717) is 110 Å². The molecular formula is C54H65ClN14O10. The largest absolute Gasteiger partial charge is 0.511 e. The van der Waals surface area contributed by atoms with E-state index in [2.05, 4.69) is 63.0 Å². The molecule has 7 rings (SSSR count). The summed E-state index contributed by atoms with van der Waals surface area (Å²) in [4.78, 5) is 61.4. The fraction of sp³-hybridized carbons (Fsp3) is 0.333. The van der Waals surface area contributed by atoms with Crippen LogP contribution in [-0.2, 0) is 41.4 Å². The number of aliphatic hydroxyl groups excluding tert-OH is 1. The van der Waals surface area contributed by atoms with Gasteiger partial charge in [0.05, 0.1) is 107 Å². The van der Waals surface area contributed by atoms with Gasteiger partial charge in [0.15, 0.2) is 22.8 Å². The summed E-state index contributed by atoms with van der Waals surface area (Å²) in [5.41, 5.74) is 16.9. The van der Waals surface area contributed by atoms with Crippen LogP contribution in [0.1, 0.15) is 50.5 Å². The van der Waals surface area contributed by atoms with Crippen molar-refractivity contribution in [3.05, 3.63) is 143 Å². The summed E-state index contributed by atoms with van der Waals surface area (Å²) in [7, 11) is 1.86. The number of halogens is 1. The van der Waals surface area contributed by atoms with Crippen molar-refractivity contribution in [2.45, 2.75) is 31.8 Å². The molecule has 0 saturated carbocycles. The van der Waals surface area contributed by atoms with E-state index in [0.717, 1.165) is 27.7 Å². The minimum atomic E-state index is -0.838. The molecule has 0 fully saturated rings. The highest BCUT2D eigenvalue weighted by Crippen LogP contribution is 2.29. The van der Waals surface area contributed by atoms with Crippen LogP contribution in [0.4, 0.5) is 29.0 Å². The van der Waals surface area contributed by atoms with Gasteiger partial charge in [-0.3, -0.25) is 19.4 Å². The number of carbonyl (C=O) groups excluding carboxylic acids is 3. The summed E-state index contributed by atoms with van der Waals surface area (Å²) in [5.74, 6) is -0.588. The highest BCUT2D eigenvalue weighted by atomic mass is 35.5. The van der Waals surface area contributed by atoms with Crippen LogP contribution in [0.25, 0.3) is 21.9 Å². The fourth-order valence-electron chi connectivity index (χ4n) is 7.75. The number of nitrogens with two attached hydrogens (primary N) is 2. The van der Waals surface area contributed by atoms with Crippen molar-refractivity contribution in [1.82, 2.24) is 51.1 Å². The van der Waals surface area contributed by atoms with E-state index in [1.165, 1.54) is 0 Å². The zero-order valence-electron chi connectivity index (χ0n) is 43.7. The van der Waals surface area contributed by atoms with Gasteiger partial charge in [-0.15, -0.1) is 5.10 Å². The maximum absolute atomic E-state index is 13.1. The van der Waals surface area contributed by atoms with Gasteiger partial charge < -0.3 is 71.9 Å². The number of pyridine rings is 1. The Kier molecular flexibility index (Phi) is 23.7. The van der Waals surface area contributed by atoms with Gasteiger partial charge in [-0.25, -0.2) is 9.97 Å². The van der Waals surface area contributed by atoms with E-state index in [-0.39, 0.29) is 74.0 Å². The Bertz CT molecular complexity index is 3110. The molecule has 79 heavy (non-hydrogen) atoms. The number of rotatable bonds is 32. The van der Waals surface area contributed by atoms with E-state index in [4.69, 9.17) is 46.8 Å². The molecule has 0 aliphatic rings. The standard InChI is InChI=1S/C54H63ClN14O9.H2O/c1-35(70)45(64-52(72)37-7-10-40(11-8-37)69(2)34-39-33-61-51-48(62-39)49(56)65-54(57)66-51)13-14-47(71)59-19-21-74-23-25-76-27-29-78-30-28-77-26-24-75-22-20-60-53(73)43-32-38(9-12-44(43)55)63-50-42-6-4-3-5-41(42)46(67-68-50)31-36-15-17-58-18-16-36;/h3-12,15-18,32-33,45,70H,1,13-14,19-31,34H2,2H3,(H,59,71)(H,60,73)(H,63,68)(H,64,72)(H4,56,57,61,65,66);1H2/t45-;/m0./s1. The predicted molar refractivity (Wildman–Crippen MR) is 299 cm³/mol. The molecule has 0 aliphatic heterocycles. The summed E-state index contributed by atoms with van der Waals surface area (Å²) >= 11 is 6.42. The lowest BCUT2D eigenvalue weighted by Crippen LogP contribution is -2.37. The molecular weight excluding hydrogens is 1040 g/mol. The van der Waals surface area contributed by atoms with E-state index >= 15 is 0 Å².